The highest BCUT2D eigenvalue weighted by Gasteiger charge is 2.15. The first-order valence-corrected chi connectivity index (χ1v) is 4.99. The van der Waals surface area contributed by atoms with Crippen molar-refractivity contribution in [1.29, 1.82) is 0 Å². The molecule has 2 aromatic rings. The van der Waals surface area contributed by atoms with Crippen LogP contribution in [0.15, 0.2) is 18.3 Å². The predicted octanol–water partition coefficient (Wildman–Crippen LogP) is 3.51. The third-order valence-corrected chi connectivity index (χ3v) is 2.66. The van der Waals surface area contributed by atoms with Crippen LogP contribution in [0.5, 0.6) is 0 Å². The van der Waals surface area contributed by atoms with Crippen molar-refractivity contribution in [3.05, 3.63) is 28.9 Å². The molecule has 0 fully saturated rings. The third kappa shape index (κ3) is 1.50. The van der Waals surface area contributed by atoms with E-state index in [4.69, 9.17) is 11.6 Å². The summed E-state index contributed by atoms with van der Waals surface area (Å²) in [5.41, 5.74) is 2.27. The fourth-order valence-corrected chi connectivity index (χ4v) is 1.72. The van der Waals surface area contributed by atoms with Crippen molar-refractivity contribution in [3.63, 3.8) is 0 Å². The Labute approximate surface area is 88.3 Å². The normalized spacial score (nSPS) is 12.3. The van der Waals surface area contributed by atoms with Crippen molar-refractivity contribution in [1.82, 2.24) is 10.2 Å². The number of nitrogens with zero attached hydrogens (tertiary/aromatic N) is 1. The molecule has 2 rings (SSSR count). The zero-order valence-electron chi connectivity index (χ0n) is 8.56. The lowest BCUT2D eigenvalue weighted by atomic mass is 9.86. The molecule has 0 atom stereocenters. The van der Waals surface area contributed by atoms with E-state index in [1.807, 2.05) is 6.07 Å². The summed E-state index contributed by atoms with van der Waals surface area (Å²) in [6.07, 6.45) is 1.80. The van der Waals surface area contributed by atoms with Gasteiger partial charge in [0.05, 0.1) is 16.7 Å². The van der Waals surface area contributed by atoms with Gasteiger partial charge in [0, 0.05) is 5.39 Å². The molecule has 0 radical (unpaired) electrons. The minimum Gasteiger partial charge on any atom is -0.276 e. The number of rotatable bonds is 0. The van der Waals surface area contributed by atoms with Gasteiger partial charge in [0.2, 0.25) is 0 Å². The quantitative estimate of drug-likeness (QED) is 0.705. The van der Waals surface area contributed by atoms with Crippen molar-refractivity contribution in [2.75, 3.05) is 0 Å². The van der Waals surface area contributed by atoms with Gasteiger partial charge in [-0.1, -0.05) is 32.4 Å². The minimum absolute atomic E-state index is 0.120. The van der Waals surface area contributed by atoms with E-state index in [9.17, 15) is 0 Å². The Morgan fingerprint density at radius 1 is 1.29 bits per heavy atom. The molecule has 0 saturated heterocycles. The lowest BCUT2D eigenvalue weighted by Crippen LogP contribution is -2.10. The molecular weight excluding hydrogens is 196 g/mol. The Hall–Kier alpha value is -1.02. The topological polar surface area (TPSA) is 28.7 Å². The first-order valence-electron chi connectivity index (χ1n) is 4.61. The number of benzene rings is 1. The Bertz CT molecular complexity index is 466. The maximum atomic E-state index is 6.14. The monoisotopic (exact) mass is 208 g/mol. The van der Waals surface area contributed by atoms with Crippen molar-refractivity contribution < 1.29 is 0 Å². The van der Waals surface area contributed by atoms with Gasteiger partial charge in [-0.2, -0.15) is 5.10 Å². The molecule has 1 aromatic heterocycles. The van der Waals surface area contributed by atoms with Crippen LogP contribution in [0.25, 0.3) is 10.9 Å². The lowest BCUT2D eigenvalue weighted by Gasteiger charge is -2.19. The molecule has 0 aliphatic heterocycles. The first-order chi connectivity index (χ1) is 6.48. The summed E-state index contributed by atoms with van der Waals surface area (Å²) in [5, 5.41) is 8.67. The van der Waals surface area contributed by atoms with Gasteiger partial charge in [0.15, 0.2) is 0 Å². The number of fused-ring (bicyclic) bond motifs is 1. The van der Waals surface area contributed by atoms with E-state index in [2.05, 4.69) is 37.0 Å². The van der Waals surface area contributed by atoms with Crippen molar-refractivity contribution in [2.24, 2.45) is 0 Å². The van der Waals surface area contributed by atoms with E-state index in [-0.39, 0.29) is 5.41 Å². The largest absolute Gasteiger partial charge is 0.276 e. The average molecular weight is 209 g/mol. The Kier molecular flexibility index (Phi) is 2.04. The van der Waals surface area contributed by atoms with E-state index in [1.54, 1.807) is 6.20 Å². The lowest BCUT2D eigenvalue weighted by molar-refractivity contribution is 0.591. The fraction of sp³-hybridized carbons (Fsp3) is 0.364. The maximum Gasteiger partial charge on any atom is 0.0836 e. The predicted molar refractivity (Wildman–Crippen MR) is 59.8 cm³/mol. The molecule has 1 aromatic carbocycles. The summed E-state index contributed by atoms with van der Waals surface area (Å²) >= 11 is 6.14. The van der Waals surface area contributed by atoms with Crippen LogP contribution in [0, 0.1) is 0 Å². The van der Waals surface area contributed by atoms with Gasteiger partial charge in [-0.05, 0) is 23.1 Å². The number of hydrogen-bond donors (Lipinski definition) is 1. The summed E-state index contributed by atoms with van der Waals surface area (Å²) in [6.45, 7) is 6.51. The van der Waals surface area contributed by atoms with Gasteiger partial charge < -0.3 is 0 Å². The van der Waals surface area contributed by atoms with Crippen LogP contribution in [0.3, 0.4) is 0 Å². The van der Waals surface area contributed by atoms with Crippen LogP contribution in [-0.2, 0) is 5.41 Å². The second kappa shape index (κ2) is 2.99. The van der Waals surface area contributed by atoms with Crippen molar-refractivity contribution >= 4 is 22.5 Å². The Morgan fingerprint density at radius 2 is 2.00 bits per heavy atom. The van der Waals surface area contributed by atoms with Gasteiger partial charge >= 0.3 is 0 Å². The summed E-state index contributed by atoms with van der Waals surface area (Å²) in [5.74, 6) is 0. The van der Waals surface area contributed by atoms with Crippen molar-refractivity contribution in [2.45, 2.75) is 26.2 Å². The average Bonchev–Trinajstić information content (AvgIpc) is 2.50. The van der Waals surface area contributed by atoms with E-state index in [0.29, 0.717) is 0 Å². The summed E-state index contributed by atoms with van der Waals surface area (Å²) in [7, 11) is 0. The second-order valence-electron chi connectivity index (χ2n) is 4.54. The van der Waals surface area contributed by atoms with E-state index in [0.717, 1.165) is 15.9 Å². The Balaban J connectivity index is 2.70. The molecule has 0 aliphatic rings. The number of nitrogens with one attached hydrogen (secondary N) is 1. The van der Waals surface area contributed by atoms with Crippen LogP contribution in [0.2, 0.25) is 5.02 Å². The van der Waals surface area contributed by atoms with Gasteiger partial charge in [0.25, 0.3) is 0 Å². The number of halogens is 1. The van der Waals surface area contributed by atoms with Crippen molar-refractivity contribution in [3.8, 4) is 0 Å². The first kappa shape index (κ1) is 9.53. The van der Waals surface area contributed by atoms with E-state index >= 15 is 0 Å². The zero-order chi connectivity index (χ0) is 10.3. The fourth-order valence-electron chi connectivity index (χ4n) is 1.45. The molecule has 0 amide bonds. The summed E-state index contributed by atoms with van der Waals surface area (Å²) in [6, 6.07) is 4.13. The number of aromatic amines is 1. The molecule has 3 heteroatoms. The minimum atomic E-state index is 0.120. The highest BCUT2D eigenvalue weighted by molar-refractivity contribution is 6.35. The highest BCUT2D eigenvalue weighted by atomic mass is 35.5. The molecule has 1 heterocycles. The second-order valence-corrected chi connectivity index (χ2v) is 4.95. The molecule has 0 saturated carbocycles. The molecule has 0 bridgehead atoms. The number of aromatic nitrogens is 2. The van der Waals surface area contributed by atoms with Crippen LogP contribution in [0.1, 0.15) is 26.3 Å². The van der Waals surface area contributed by atoms with E-state index < -0.39 is 0 Å². The van der Waals surface area contributed by atoms with E-state index in [1.165, 1.54) is 5.56 Å². The SMILES string of the molecule is CC(C)(C)c1cc(Cl)c2[nH]ncc2c1. The standard InChI is InChI=1S/C11H13ClN2/c1-11(2,3)8-4-7-6-13-14-10(7)9(12)5-8/h4-6H,1-3H3,(H,13,14). The highest BCUT2D eigenvalue weighted by Crippen LogP contribution is 2.30. The van der Waals surface area contributed by atoms with Crippen LogP contribution in [0.4, 0.5) is 0 Å². The summed E-state index contributed by atoms with van der Waals surface area (Å²) in [4.78, 5) is 0. The molecule has 0 spiro atoms. The van der Waals surface area contributed by atoms with Gasteiger partial charge in [-0.25, -0.2) is 0 Å². The third-order valence-electron chi connectivity index (χ3n) is 2.37. The summed E-state index contributed by atoms with van der Waals surface area (Å²) < 4.78 is 0. The molecule has 0 unspecified atom stereocenters. The smallest absolute Gasteiger partial charge is 0.0836 e. The molecule has 0 aliphatic carbocycles. The van der Waals surface area contributed by atoms with Crippen LogP contribution < -0.4 is 0 Å². The number of hydrogen-bond acceptors (Lipinski definition) is 1. The van der Waals surface area contributed by atoms with Gasteiger partial charge in [0.1, 0.15) is 0 Å². The zero-order valence-corrected chi connectivity index (χ0v) is 9.31. The molecule has 1 N–H and O–H groups in total. The van der Waals surface area contributed by atoms with Crippen LogP contribution in [-0.4, -0.2) is 10.2 Å². The maximum absolute atomic E-state index is 6.14. The number of H-pyrrole nitrogens is 1. The van der Waals surface area contributed by atoms with Gasteiger partial charge in [-0.15, -0.1) is 0 Å². The van der Waals surface area contributed by atoms with Crippen LogP contribution >= 0.6 is 11.6 Å². The Morgan fingerprint density at radius 3 is 2.64 bits per heavy atom. The molecule has 74 valence electrons. The molecule has 14 heavy (non-hydrogen) atoms. The molecule has 2 nitrogen and oxygen atoms in total. The molecular formula is C11H13ClN2. The van der Waals surface area contributed by atoms with Gasteiger partial charge in [-0.3, -0.25) is 5.10 Å².